The summed E-state index contributed by atoms with van der Waals surface area (Å²) >= 11 is 0. The van der Waals surface area contributed by atoms with Crippen molar-refractivity contribution in [2.45, 2.75) is 204 Å². The van der Waals surface area contributed by atoms with Gasteiger partial charge in [0.2, 0.25) is 47.3 Å². The first-order valence-corrected chi connectivity index (χ1v) is 31.6. The number of ketones is 1. The van der Waals surface area contributed by atoms with E-state index in [2.05, 4.69) is 47.2 Å². The number of imidazole rings is 1. The smallest absolute Gasteiger partial charge is 0.303 e. The molecular weight excluding hydrogens is 1160 g/mol. The number of aromatic amines is 1. The summed E-state index contributed by atoms with van der Waals surface area (Å²) in [5.74, 6) is -6.23. The number of piperazine rings is 1. The molecule has 508 valence electrons. The number of aliphatic hydroxyl groups is 5. The largest absolute Gasteiger partial charge is 0.481 e. The number of nitrogens with one attached hydrogen (secondary N) is 8. The Morgan fingerprint density at radius 1 is 0.618 bits per heavy atom. The van der Waals surface area contributed by atoms with Crippen LogP contribution in [-0.4, -0.2) is 250 Å². The molecule has 1 aliphatic heterocycles. The SMILES string of the molecule is CCCC[C@H](NC(=O)CN1CCN(C(=O)[C@H](Cc2cnc[nH]2)NC(=O)[C@H](CCC(N)=O)NC(=O)[C@H](CNC[C@H](O)[C@@H](O)[C@H](O)[C@H](O)CO)NC(=O)CNC(=O)COCCOCCNC(=O)CCCCCCCCCCCCCCCCC(=O)O)CC1)C(C)=O. The van der Waals surface area contributed by atoms with E-state index in [1.165, 1.54) is 69.3 Å². The number of rotatable bonds is 53. The third kappa shape index (κ3) is 36.9. The molecule has 1 fully saturated rings. The lowest BCUT2D eigenvalue weighted by molar-refractivity contribution is -0.139. The number of nitrogens with two attached hydrogens (primary N) is 1. The molecule has 0 aromatic carbocycles. The monoisotopic (exact) mass is 1270 g/mol. The van der Waals surface area contributed by atoms with Crippen LogP contribution in [0.5, 0.6) is 0 Å². The molecule has 0 unspecified atom stereocenters. The Kier molecular flexibility index (Phi) is 42.2. The molecule has 30 nitrogen and oxygen atoms in total. The van der Waals surface area contributed by atoms with E-state index in [0.29, 0.717) is 25.1 Å². The number of aliphatic carboxylic acids is 1. The zero-order valence-corrected chi connectivity index (χ0v) is 52.2. The summed E-state index contributed by atoms with van der Waals surface area (Å²) in [6.07, 6.45) is 12.5. The zero-order chi connectivity index (χ0) is 65.8. The molecule has 16 N–H and O–H groups in total. The number of Topliss-reactive ketones (excluding diaryl/α,β-unsaturated/α-hetero) is 1. The van der Waals surface area contributed by atoms with Crippen LogP contribution in [0.1, 0.15) is 154 Å². The van der Waals surface area contributed by atoms with Crippen molar-refractivity contribution in [2.75, 3.05) is 91.9 Å². The molecule has 2 heterocycles. The summed E-state index contributed by atoms with van der Waals surface area (Å²) in [5.41, 5.74) is 5.91. The first kappa shape index (κ1) is 78.8. The normalized spacial score (nSPS) is 15.3. The molecule has 0 bridgehead atoms. The van der Waals surface area contributed by atoms with Gasteiger partial charge in [0.25, 0.3) is 0 Å². The van der Waals surface area contributed by atoms with Crippen LogP contribution in [0.3, 0.4) is 0 Å². The molecule has 1 saturated heterocycles. The van der Waals surface area contributed by atoms with E-state index in [9.17, 15) is 73.5 Å². The van der Waals surface area contributed by atoms with Crippen LogP contribution in [0.25, 0.3) is 0 Å². The van der Waals surface area contributed by atoms with Gasteiger partial charge in [-0.3, -0.25) is 52.8 Å². The van der Waals surface area contributed by atoms with Gasteiger partial charge in [0, 0.05) is 83.4 Å². The molecule has 30 heteroatoms. The number of carboxylic acids is 1. The quantitative estimate of drug-likeness (QED) is 0.0305. The fourth-order valence-corrected chi connectivity index (χ4v) is 9.65. The second-order valence-corrected chi connectivity index (χ2v) is 22.6. The maximum atomic E-state index is 14.2. The molecule has 0 radical (unpaired) electrons. The average molecular weight is 1270 g/mol. The Morgan fingerprint density at radius 2 is 1.19 bits per heavy atom. The third-order valence-electron chi connectivity index (χ3n) is 15.0. The van der Waals surface area contributed by atoms with Gasteiger partial charge in [-0.2, -0.15) is 0 Å². The van der Waals surface area contributed by atoms with Crippen LogP contribution in [0.2, 0.25) is 0 Å². The zero-order valence-electron chi connectivity index (χ0n) is 52.2. The highest BCUT2D eigenvalue weighted by Crippen LogP contribution is 2.15. The summed E-state index contributed by atoms with van der Waals surface area (Å²) in [7, 11) is 0. The number of carbonyl (C=O) groups is 10. The van der Waals surface area contributed by atoms with Gasteiger partial charge < -0.3 is 92.9 Å². The van der Waals surface area contributed by atoms with Crippen molar-refractivity contribution in [2.24, 2.45) is 5.73 Å². The van der Waals surface area contributed by atoms with Crippen molar-refractivity contribution in [1.82, 2.24) is 57.0 Å². The van der Waals surface area contributed by atoms with Gasteiger partial charge >= 0.3 is 5.97 Å². The van der Waals surface area contributed by atoms with Crippen molar-refractivity contribution in [3.63, 3.8) is 0 Å². The number of aromatic nitrogens is 2. The Balaban J connectivity index is 1.92. The highest BCUT2D eigenvalue weighted by Gasteiger charge is 2.35. The van der Waals surface area contributed by atoms with Gasteiger partial charge in [0.1, 0.15) is 43.0 Å². The first-order chi connectivity index (χ1) is 42.6. The number of hydrogen-bond acceptors (Lipinski definition) is 20. The van der Waals surface area contributed by atoms with Crippen LogP contribution in [0.15, 0.2) is 12.5 Å². The summed E-state index contributed by atoms with van der Waals surface area (Å²) in [6, 6.07) is -5.03. The lowest BCUT2D eigenvalue weighted by Crippen LogP contribution is -2.61. The number of H-pyrrole nitrogens is 1. The Morgan fingerprint density at radius 3 is 1.76 bits per heavy atom. The standard InChI is InChI=1S/C59H104N12O18/c1-3-4-19-43(41(2)73)66-52(79)37-70-25-27-71(28-26-70)59(87)45(32-42-33-62-40-65-42)69-57(85)44(22-23-49(60)76)68-58(86)46(34-61-35-47(74)55(83)56(84)48(75)38-72)67-51(78)36-64-53(80)39-89-31-30-88-29-24-63-50(77)20-17-15-13-11-9-7-5-6-8-10-12-14-16-18-21-54(81)82/h33,40,43-48,55-56,61,72,74-75,83-84H,3-32,34-39H2,1-2H3,(H2,60,76)(H,62,65)(H,63,77)(H,64,80)(H,66,79)(H,67,78)(H,68,86)(H,69,85)(H,81,82)/t43-,44-,45-,46-,47-,48+,55+,56+/m0/s1. The highest BCUT2D eigenvalue weighted by atomic mass is 16.5. The van der Waals surface area contributed by atoms with Gasteiger partial charge in [-0.15, -0.1) is 0 Å². The minimum atomic E-state index is -1.99. The van der Waals surface area contributed by atoms with E-state index in [1.807, 2.05) is 11.8 Å². The topological polar surface area (TPSA) is 456 Å². The molecule has 1 aromatic heterocycles. The number of carbonyl (C=O) groups excluding carboxylic acids is 9. The van der Waals surface area contributed by atoms with E-state index in [4.69, 9.17) is 20.3 Å². The Hall–Kier alpha value is -6.25. The summed E-state index contributed by atoms with van der Waals surface area (Å²) < 4.78 is 10.8. The number of unbranched alkanes of at least 4 members (excludes halogenated alkanes) is 14. The second kappa shape index (κ2) is 47.7. The maximum Gasteiger partial charge on any atom is 0.303 e. The third-order valence-corrected chi connectivity index (χ3v) is 15.0. The highest BCUT2D eigenvalue weighted by molar-refractivity contribution is 5.95. The number of amides is 8. The van der Waals surface area contributed by atoms with Gasteiger partial charge in [-0.05, 0) is 32.6 Å². The first-order valence-electron chi connectivity index (χ1n) is 31.6. The number of aliphatic hydroxyl groups excluding tert-OH is 5. The molecule has 0 spiro atoms. The van der Waals surface area contributed by atoms with Gasteiger partial charge in [0.15, 0.2) is 5.78 Å². The molecule has 0 aliphatic carbocycles. The lowest BCUT2D eigenvalue weighted by atomic mass is 10.0. The maximum absolute atomic E-state index is 14.2. The van der Waals surface area contributed by atoms with Crippen molar-refractivity contribution in [3.8, 4) is 0 Å². The predicted molar refractivity (Wildman–Crippen MR) is 325 cm³/mol. The number of nitrogens with zero attached hydrogens (tertiary/aromatic N) is 3. The van der Waals surface area contributed by atoms with E-state index in [0.717, 1.165) is 57.8 Å². The van der Waals surface area contributed by atoms with Crippen molar-refractivity contribution in [3.05, 3.63) is 18.2 Å². The average Bonchev–Trinajstić information content (AvgIpc) is 3.59. The molecule has 8 amide bonds. The van der Waals surface area contributed by atoms with E-state index < -0.39 is 129 Å². The van der Waals surface area contributed by atoms with Gasteiger partial charge in [0.05, 0.1) is 58.0 Å². The number of hydrogen-bond donors (Lipinski definition) is 15. The lowest BCUT2D eigenvalue weighted by Gasteiger charge is -2.36. The molecular formula is C59H104N12O18. The van der Waals surface area contributed by atoms with Crippen molar-refractivity contribution < 1.29 is 88.1 Å². The number of ether oxygens (including phenoxy) is 2. The summed E-state index contributed by atoms with van der Waals surface area (Å²) in [5, 5.41) is 76.8. The molecule has 0 saturated carbocycles. The molecule has 8 atom stereocenters. The van der Waals surface area contributed by atoms with Crippen LogP contribution >= 0.6 is 0 Å². The van der Waals surface area contributed by atoms with Crippen LogP contribution in [0.4, 0.5) is 0 Å². The minimum Gasteiger partial charge on any atom is -0.481 e. The molecule has 1 aromatic rings. The fraction of sp³-hybridized carbons (Fsp3) is 0.780. The minimum absolute atomic E-state index is 0.000857. The van der Waals surface area contributed by atoms with Crippen LogP contribution in [-0.2, 0) is 63.8 Å². The van der Waals surface area contributed by atoms with Crippen molar-refractivity contribution in [1.29, 1.82) is 0 Å². The number of carboxylic acid groups (broad SMARTS) is 1. The van der Waals surface area contributed by atoms with E-state index >= 15 is 0 Å². The van der Waals surface area contributed by atoms with Gasteiger partial charge in [-0.1, -0.05) is 96.8 Å². The molecule has 1 aliphatic rings. The summed E-state index contributed by atoms with van der Waals surface area (Å²) in [4.78, 5) is 139. The Labute approximate surface area is 522 Å². The van der Waals surface area contributed by atoms with E-state index in [1.54, 1.807) is 0 Å². The number of primary amides is 1. The second-order valence-electron chi connectivity index (χ2n) is 22.6. The van der Waals surface area contributed by atoms with Crippen LogP contribution < -0.4 is 43.0 Å². The van der Waals surface area contributed by atoms with Crippen LogP contribution in [0, 0.1) is 0 Å². The molecule has 89 heavy (non-hydrogen) atoms. The fourth-order valence-electron chi connectivity index (χ4n) is 9.65. The predicted octanol–water partition coefficient (Wildman–Crippen LogP) is -2.30. The van der Waals surface area contributed by atoms with Crippen molar-refractivity contribution >= 4 is 59.0 Å². The van der Waals surface area contributed by atoms with E-state index in [-0.39, 0.29) is 89.4 Å². The Bertz CT molecular complexity index is 2230. The van der Waals surface area contributed by atoms with Gasteiger partial charge in [-0.25, -0.2) is 4.98 Å². The molecule has 2 rings (SSSR count). The summed E-state index contributed by atoms with van der Waals surface area (Å²) in [6.45, 7) is 1.72.